The summed E-state index contributed by atoms with van der Waals surface area (Å²) in [6, 6.07) is 0. The van der Waals surface area contributed by atoms with Gasteiger partial charge in [-0.25, -0.2) is 8.78 Å². The maximum Gasteiger partial charge on any atom is 0.125 e. The molecule has 0 amide bonds. The Hall–Kier alpha value is -2.25. The monoisotopic (exact) mass is 597 g/mol. The summed E-state index contributed by atoms with van der Waals surface area (Å²) in [5.74, 6) is 0.286. The molecule has 1 aliphatic carbocycles. The number of hydrogen-bond acceptors (Lipinski definition) is 2. The molecule has 1 fully saturated rings. The van der Waals surface area contributed by atoms with Crippen LogP contribution in [-0.2, 0) is 0 Å². The summed E-state index contributed by atoms with van der Waals surface area (Å²) in [5, 5.41) is 13.2. The van der Waals surface area contributed by atoms with Crippen LogP contribution in [0, 0.1) is 5.92 Å². The van der Waals surface area contributed by atoms with Crippen molar-refractivity contribution in [3.05, 3.63) is 121 Å². The van der Waals surface area contributed by atoms with Crippen LogP contribution in [0.5, 0.6) is 0 Å². The summed E-state index contributed by atoms with van der Waals surface area (Å²) < 4.78 is 22.9. The van der Waals surface area contributed by atoms with E-state index in [1.807, 2.05) is 50.0 Å². The van der Waals surface area contributed by atoms with Crippen LogP contribution in [0.15, 0.2) is 121 Å². The predicted octanol–water partition coefficient (Wildman–Crippen LogP) is 9.52. The summed E-state index contributed by atoms with van der Waals surface area (Å²) in [6.07, 6.45) is 24.6. The van der Waals surface area contributed by atoms with Crippen LogP contribution in [-0.4, -0.2) is 23.1 Å². The maximum atomic E-state index is 11.9. The van der Waals surface area contributed by atoms with E-state index in [4.69, 9.17) is 0 Å². The molecule has 1 heterocycles. The lowest BCUT2D eigenvalue weighted by Crippen LogP contribution is -2.28. The molecule has 1 atom stereocenters. The van der Waals surface area contributed by atoms with Crippen molar-refractivity contribution in [2.75, 3.05) is 18.0 Å². The van der Waals surface area contributed by atoms with Gasteiger partial charge in [0.2, 0.25) is 0 Å². The van der Waals surface area contributed by atoms with E-state index in [9.17, 15) is 13.9 Å². The van der Waals surface area contributed by atoms with Crippen molar-refractivity contribution in [2.45, 2.75) is 40.0 Å². The van der Waals surface area contributed by atoms with Gasteiger partial charge < -0.3 is 10.4 Å². The molecule has 0 saturated carbocycles. The Morgan fingerprint density at radius 1 is 1.20 bits per heavy atom. The molecule has 5 heteroatoms. The summed E-state index contributed by atoms with van der Waals surface area (Å²) in [6.45, 7) is 15.4. The number of rotatable bonds is 7. The molecule has 35 heavy (non-hydrogen) atoms. The summed E-state index contributed by atoms with van der Waals surface area (Å²) in [5.41, 5.74) is 3.31. The third-order valence-corrected chi connectivity index (χ3v) is 4.65. The van der Waals surface area contributed by atoms with E-state index < -0.39 is 5.83 Å². The lowest BCUT2D eigenvalue weighted by molar-refractivity contribution is 0.430. The Labute approximate surface area is 225 Å². The van der Waals surface area contributed by atoms with Crippen LogP contribution < -0.4 is 5.32 Å². The zero-order chi connectivity index (χ0) is 26.9. The Kier molecular flexibility index (Phi) is 24.8. The Bertz CT molecular complexity index is 836. The van der Waals surface area contributed by atoms with Gasteiger partial charge in [0.25, 0.3) is 0 Å². The van der Waals surface area contributed by atoms with Crippen LogP contribution in [0.3, 0.4) is 0 Å². The van der Waals surface area contributed by atoms with E-state index >= 15 is 0 Å². The van der Waals surface area contributed by atoms with Gasteiger partial charge in [0.1, 0.15) is 11.6 Å². The summed E-state index contributed by atoms with van der Waals surface area (Å²) >= 11 is 2.15. The highest BCUT2D eigenvalue weighted by atomic mass is 127. The molecule has 0 bridgehead atoms. The van der Waals surface area contributed by atoms with Crippen molar-refractivity contribution in [3.63, 3.8) is 0 Å². The molecule has 0 aromatic carbocycles. The van der Waals surface area contributed by atoms with Gasteiger partial charge in [-0.3, -0.25) is 0 Å². The summed E-state index contributed by atoms with van der Waals surface area (Å²) in [7, 11) is 0. The number of hydrogen-bond donors (Lipinski definition) is 2. The van der Waals surface area contributed by atoms with Gasteiger partial charge in [0.05, 0.1) is 6.33 Å². The van der Waals surface area contributed by atoms with Crippen molar-refractivity contribution >= 4 is 22.6 Å². The number of allylic oxidation sites excluding steroid dienone is 15. The fourth-order valence-corrected chi connectivity index (χ4v) is 3.19. The number of piperidine rings is 1. The summed E-state index contributed by atoms with van der Waals surface area (Å²) in [4.78, 5) is 1.97. The maximum absolute atomic E-state index is 11.9. The quantitative estimate of drug-likeness (QED) is 0.174. The van der Waals surface area contributed by atoms with Gasteiger partial charge in [-0.1, -0.05) is 98.2 Å². The normalized spacial score (nSPS) is 19.6. The first-order valence-corrected chi connectivity index (χ1v) is 14.0. The van der Waals surface area contributed by atoms with Crippen LogP contribution in [0.1, 0.15) is 40.0 Å². The molecule has 0 aromatic rings. The van der Waals surface area contributed by atoms with E-state index in [2.05, 4.69) is 65.4 Å². The van der Waals surface area contributed by atoms with Gasteiger partial charge >= 0.3 is 0 Å². The zero-order valence-corrected chi connectivity index (χ0v) is 23.8. The molecule has 0 radical (unpaired) electrons. The second-order valence-electron chi connectivity index (χ2n) is 7.01. The molecule has 0 spiro atoms. The van der Waals surface area contributed by atoms with Crippen LogP contribution >= 0.6 is 22.6 Å². The van der Waals surface area contributed by atoms with Gasteiger partial charge in [-0.15, -0.1) is 0 Å². The molecule has 0 unspecified atom stereocenters. The van der Waals surface area contributed by atoms with Crippen molar-refractivity contribution in [2.24, 2.45) is 5.92 Å². The van der Waals surface area contributed by atoms with Gasteiger partial charge in [0, 0.05) is 12.6 Å². The SMILES string of the molecule is C=C/C=C(F)\C=C\F.C=CC(=C\C=C\[C@@H]1CCCNC1)/C(/C=C\C)=C1\C=C(O)C=CC1.CC.CI. The first kappa shape index (κ1) is 34.9. The van der Waals surface area contributed by atoms with Gasteiger partial charge in [0.15, 0.2) is 0 Å². The van der Waals surface area contributed by atoms with Crippen molar-refractivity contribution in [3.8, 4) is 0 Å². The van der Waals surface area contributed by atoms with E-state index in [1.54, 1.807) is 6.08 Å². The molecule has 2 N–H and O–H groups in total. The third-order valence-electron chi connectivity index (χ3n) is 4.65. The minimum Gasteiger partial charge on any atom is -0.508 e. The largest absolute Gasteiger partial charge is 0.508 e. The van der Waals surface area contributed by atoms with E-state index in [-0.39, 0.29) is 6.33 Å². The van der Waals surface area contributed by atoms with E-state index in [0.29, 0.717) is 17.8 Å². The van der Waals surface area contributed by atoms with Crippen LogP contribution in [0.25, 0.3) is 0 Å². The van der Waals surface area contributed by atoms with Crippen LogP contribution in [0.4, 0.5) is 8.78 Å². The van der Waals surface area contributed by atoms with E-state index in [0.717, 1.165) is 42.3 Å². The molecule has 2 rings (SSSR count). The predicted molar refractivity (Wildman–Crippen MR) is 160 cm³/mol. The molecular weight excluding hydrogens is 555 g/mol. The lowest BCUT2D eigenvalue weighted by atomic mass is 9.93. The third kappa shape index (κ3) is 16.9. The second kappa shape index (κ2) is 24.9. The van der Waals surface area contributed by atoms with Crippen molar-refractivity contribution in [1.82, 2.24) is 5.32 Å². The topological polar surface area (TPSA) is 32.3 Å². The average molecular weight is 598 g/mol. The Balaban J connectivity index is 0. The minimum absolute atomic E-state index is 0.134. The second-order valence-corrected chi connectivity index (χ2v) is 7.01. The fraction of sp³-hybridized carbons (Fsp3) is 0.333. The fourth-order valence-electron chi connectivity index (χ4n) is 3.19. The smallest absolute Gasteiger partial charge is 0.125 e. The first-order chi connectivity index (χ1) is 17.0. The number of aliphatic hydroxyl groups is 1. The number of alkyl halides is 1. The highest BCUT2D eigenvalue weighted by Gasteiger charge is 2.10. The molecule has 1 aliphatic heterocycles. The number of halogens is 3. The molecular formula is C30H42F2INO. The van der Waals surface area contributed by atoms with E-state index in [1.165, 1.54) is 18.9 Å². The molecule has 2 nitrogen and oxygen atoms in total. The molecule has 0 aromatic heterocycles. The van der Waals surface area contributed by atoms with Gasteiger partial charge in [-0.2, -0.15) is 0 Å². The first-order valence-electron chi connectivity index (χ1n) is 11.8. The standard InChI is InChI=1S/C21H27NO.C6H6F2.C2H6.CH3I/c1-3-8-21(19-12-6-13-20(23)15-19)18(4-2)11-5-9-17-10-7-14-22-16-17;1-2-3-6(8)4-5-7;2*1-2/h3-6,8-9,11,13,15,17,22-23H,2,7,10,12,14,16H2,1H3;2-5H,1H2;1-2H3;1H3/b8-3-,9-5+,18-11+,21-19-;5-4+,6-3+;;/t17-;;;/m1.../s1. The number of nitrogens with one attached hydrogen (secondary N) is 1. The lowest BCUT2D eigenvalue weighted by Gasteiger charge is -2.19. The van der Waals surface area contributed by atoms with Crippen LogP contribution in [0.2, 0.25) is 0 Å². The highest BCUT2D eigenvalue weighted by molar-refractivity contribution is 14.1. The molecule has 194 valence electrons. The average Bonchev–Trinajstić information content (AvgIpc) is 2.89. The van der Waals surface area contributed by atoms with Crippen molar-refractivity contribution < 1.29 is 13.9 Å². The Morgan fingerprint density at radius 3 is 2.43 bits per heavy atom. The molecule has 2 aliphatic rings. The minimum atomic E-state index is -0.637. The zero-order valence-electron chi connectivity index (χ0n) is 21.6. The molecule has 1 saturated heterocycles. The highest BCUT2D eigenvalue weighted by Crippen LogP contribution is 2.25. The number of aliphatic hydroxyl groups excluding tert-OH is 1. The van der Waals surface area contributed by atoms with Crippen molar-refractivity contribution in [1.29, 1.82) is 0 Å². The Morgan fingerprint density at radius 2 is 1.91 bits per heavy atom. The van der Waals surface area contributed by atoms with Gasteiger partial charge in [-0.05, 0) is 78.5 Å².